The third-order valence-corrected chi connectivity index (χ3v) is 5.66. The minimum atomic E-state index is -0.496. The first-order valence-electron chi connectivity index (χ1n) is 8.72. The largest absolute Gasteiger partial charge is 0.479 e. The summed E-state index contributed by atoms with van der Waals surface area (Å²) in [6, 6.07) is 5.40. The zero-order valence-electron chi connectivity index (χ0n) is 13.9. The Labute approximate surface area is 141 Å². The van der Waals surface area contributed by atoms with Crippen molar-refractivity contribution in [3.8, 4) is 5.75 Å². The second kappa shape index (κ2) is 5.77. The summed E-state index contributed by atoms with van der Waals surface area (Å²) in [5.41, 5.74) is 1.02. The maximum Gasteiger partial charge on any atom is 0.265 e. The number of carbonyl (C=O) groups excluding carboxylic acids is 2. The standard InChI is InChI=1S/C18H23N3O3/c1-11-16(22)21-14-8-13(5-6-15(14)24-11)20-17(23)18-7-3-2-4-12(18)9-19-10-18/h5-6,8,11-12,19H,2-4,7,9-10H2,1H3,(H,20,23)(H,21,22)/t11?,12-,18+/m0/s1. The van der Waals surface area contributed by atoms with Gasteiger partial charge in [-0.25, -0.2) is 0 Å². The Morgan fingerprint density at radius 3 is 3.12 bits per heavy atom. The van der Waals surface area contributed by atoms with E-state index < -0.39 is 6.10 Å². The molecule has 2 aliphatic heterocycles. The number of nitrogens with one attached hydrogen (secondary N) is 3. The lowest BCUT2D eigenvalue weighted by Crippen LogP contribution is -2.44. The number of benzene rings is 1. The van der Waals surface area contributed by atoms with Crippen molar-refractivity contribution < 1.29 is 14.3 Å². The van der Waals surface area contributed by atoms with Crippen LogP contribution in [0.25, 0.3) is 0 Å². The molecule has 2 amide bonds. The van der Waals surface area contributed by atoms with Crippen molar-refractivity contribution >= 4 is 23.2 Å². The lowest BCUT2D eigenvalue weighted by atomic mass is 9.67. The van der Waals surface area contributed by atoms with Crippen molar-refractivity contribution in [3.05, 3.63) is 18.2 Å². The smallest absolute Gasteiger partial charge is 0.265 e. The van der Waals surface area contributed by atoms with E-state index in [2.05, 4.69) is 16.0 Å². The van der Waals surface area contributed by atoms with E-state index in [0.29, 0.717) is 23.0 Å². The first kappa shape index (κ1) is 15.4. The van der Waals surface area contributed by atoms with Crippen LogP contribution in [-0.4, -0.2) is 31.0 Å². The van der Waals surface area contributed by atoms with Gasteiger partial charge < -0.3 is 20.7 Å². The molecule has 0 radical (unpaired) electrons. The molecule has 3 N–H and O–H groups in total. The number of fused-ring (bicyclic) bond motifs is 2. The van der Waals surface area contributed by atoms with Crippen molar-refractivity contribution in [2.24, 2.45) is 11.3 Å². The third-order valence-electron chi connectivity index (χ3n) is 5.66. The maximum atomic E-state index is 13.0. The van der Waals surface area contributed by atoms with Crippen LogP contribution < -0.4 is 20.7 Å². The number of anilines is 2. The van der Waals surface area contributed by atoms with Gasteiger partial charge in [0, 0.05) is 12.2 Å². The van der Waals surface area contributed by atoms with Gasteiger partial charge in [-0.05, 0) is 50.4 Å². The van der Waals surface area contributed by atoms with Crippen molar-refractivity contribution in [1.82, 2.24) is 5.32 Å². The Morgan fingerprint density at radius 1 is 1.38 bits per heavy atom. The molecule has 1 saturated heterocycles. The number of hydrogen-bond acceptors (Lipinski definition) is 4. The predicted molar refractivity (Wildman–Crippen MR) is 91.1 cm³/mol. The number of amides is 2. The monoisotopic (exact) mass is 329 g/mol. The Kier molecular flexibility index (Phi) is 3.72. The van der Waals surface area contributed by atoms with Gasteiger partial charge in [0.25, 0.3) is 5.91 Å². The molecule has 6 heteroatoms. The lowest BCUT2D eigenvalue weighted by Gasteiger charge is -2.37. The van der Waals surface area contributed by atoms with Gasteiger partial charge in [0.1, 0.15) is 5.75 Å². The summed E-state index contributed by atoms with van der Waals surface area (Å²) in [5, 5.41) is 9.28. The van der Waals surface area contributed by atoms with E-state index in [9.17, 15) is 9.59 Å². The van der Waals surface area contributed by atoms with Crippen LogP contribution in [0.1, 0.15) is 32.6 Å². The lowest BCUT2D eigenvalue weighted by molar-refractivity contribution is -0.128. The third kappa shape index (κ3) is 2.45. The molecule has 6 nitrogen and oxygen atoms in total. The highest BCUT2D eigenvalue weighted by Gasteiger charge is 2.49. The molecule has 2 fully saturated rings. The van der Waals surface area contributed by atoms with Crippen LogP contribution in [0.2, 0.25) is 0 Å². The van der Waals surface area contributed by atoms with Gasteiger partial charge in [0.05, 0.1) is 11.1 Å². The van der Waals surface area contributed by atoms with E-state index >= 15 is 0 Å². The van der Waals surface area contributed by atoms with Crippen LogP contribution in [0.15, 0.2) is 18.2 Å². The summed E-state index contributed by atoms with van der Waals surface area (Å²) >= 11 is 0. The molecule has 1 aromatic rings. The second-order valence-corrected chi connectivity index (χ2v) is 7.14. The Balaban J connectivity index is 1.54. The van der Waals surface area contributed by atoms with E-state index in [1.165, 1.54) is 6.42 Å². The van der Waals surface area contributed by atoms with Crippen LogP contribution in [-0.2, 0) is 9.59 Å². The van der Waals surface area contributed by atoms with E-state index in [-0.39, 0.29) is 17.2 Å². The molecule has 1 aliphatic carbocycles. The normalized spacial score (nSPS) is 31.5. The first-order chi connectivity index (χ1) is 11.6. The highest BCUT2D eigenvalue weighted by molar-refractivity contribution is 6.00. The second-order valence-electron chi connectivity index (χ2n) is 7.14. The summed E-state index contributed by atoms with van der Waals surface area (Å²) in [7, 11) is 0. The highest BCUT2D eigenvalue weighted by Crippen LogP contribution is 2.44. The Bertz CT molecular complexity index is 690. The van der Waals surface area contributed by atoms with E-state index in [4.69, 9.17) is 4.74 Å². The van der Waals surface area contributed by atoms with Gasteiger partial charge in [0.2, 0.25) is 5.91 Å². The Hall–Kier alpha value is -2.08. The van der Waals surface area contributed by atoms with Crippen LogP contribution >= 0.6 is 0 Å². The van der Waals surface area contributed by atoms with Crippen molar-refractivity contribution in [1.29, 1.82) is 0 Å². The van der Waals surface area contributed by atoms with Gasteiger partial charge in [-0.3, -0.25) is 9.59 Å². The molecule has 3 atom stereocenters. The summed E-state index contributed by atoms with van der Waals surface area (Å²) < 4.78 is 5.55. The zero-order valence-corrected chi connectivity index (χ0v) is 13.9. The van der Waals surface area contributed by atoms with Crippen molar-refractivity contribution in [2.75, 3.05) is 23.7 Å². The van der Waals surface area contributed by atoms with Gasteiger partial charge in [-0.15, -0.1) is 0 Å². The molecule has 3 aliphatic rings. The number of carbonyl (C=O) groups is 2. The van der Waals surface area contributed by atoms with Gasteiger partial charge >= 0.3 is 0 Å². The molecule has 0 spiro atoms. The molecule has 24 heavy (non-hydrogen) atoms. The average Bonchev–Trinajstić information content (AvgIpc) is 3.01. The van der Waals surface area contributed by atoms with Crippen LogP contribution in [0.3, 0.4) is 0 Å². The SMILES string of the molecule is CC1Oc2ccc(NC(=O)[C@@]34CCCC[C@H]3CNC4)cc2NC1=O. The fourth-order valence-corrected chi connectivity index (χ4v) is 4.23. The average molecular weight is 329 g/mol. The summed E-state index contributed by atoms with van der Waals surface area (Å²) in [6.07, 6.45) is 3.88. The topological polar surface area (TPSA) is 79.5 Å². The molecule has 2 heterocycles. The van der Waals surface area contributed by atoms with Crippen LogP contribution in [0, 0.1) is 11.3 Å². The maximum absolute atomic E-state index is 13.0. The number of ether oxygens (including phenoxy) is 1. The van der Waals surface area contributed by atoms with Crippen LogP contribution in [0.4, 0.5) is 11.4 Å². The predicted octanol–water partition coefficient (Wildman–Crippen LogP) is 2.12. The van der Waals surface area contributed by atoms with Gasteiger partial charge in [-0.1, -0.05) is 12.8 Å². The summed E-state index contributed by atoms with van der Waals surface area (Å²) in [4.78, 5) is 24.7. The molecule has 1 aromatic carbocycles. The summed E-state index contributed by atoms with van der Waals surface area (Å²) in [6.45, 7) is 3.40. The number of hydrogen-bond donors (Lipinski definition) is 3. The van der Waals surface area contributed by atoms with Gasteiger partial charge in [-0.2, -0.15) is 0 Å². The summed E-state index contributed by atoms with van der Waals surface area (Å²) in [5.74, 6) is 0.981. The Morgan fingerprint density at radius 2 is 2.25 bits per heavy atom. The molecular weight excluding hydrogens is 306 g/mol. The molecule has 0 aromatic heterocycles. The molecule has 4 rings (SSSR count). The molecule has 1 unspecified atom stereocenters. The van der Waals surface area contributed by atoms with Crippen molar-refractivity contribution in [2.45, 2.75) is 38.7 Å². The van der Waals surface area contributed by atoms with Crippen LogP contribution in [0.5, 0.6) is 5.75 Å². The fourth-order valence-electron chi connectivity index (χ4n) is 4.23. The molecule has 0 bridgehead atoms. The van der Waals surface area contributed by atoms with E-state index in [1.54, 1.807) is 19.1 Å². The molecule has 1 saturated carbocycles. The van der Waals surface area contributed by atoms with E-state index in [1.807, 2.05) is 6.07 Å². The first-order valence-corrected chi connectivity index (χ1v) is 8.72. The molecule has 128 valence electrons. The minimum absolute atomic E-state index is 0.0913. The minimum Gasteiger partial charge on any atom is -0.479 e. The molecular formula is C18H23N3O3. The van der Waals surface area contributed by atoms with Crippen molar-refractivity contribution in [3.63, 3.8) is 0 Å². The fraction of sp³-hybridized carbons (Fsp3) is 0.556. The quantitative estimate of drug-likeness (QED) is 0.776. The van der Waals surface area contributed by atoms with E-state index in [0.717, 1.165) is 32.4 Å². The zero-order chi connectivity index (χ0) is 16.7. The highest BCUT2D eigenvalue weighted by atomic mass is 16.5. The number of rotatable bonds is 2. The van der Waals surface area contributed by atoms with Gasteiger partial charge in [0.15, 0.2) is 6.10 Å².